The molecule has 2 saturated heterocycles. The lowest BCUT2D eigenvalue weighted by Crippen LogP contribution is -2.54. The lowest BCUT2D eigenvalue weighted by molar-refractivity contribution is -0.272. The van der Waals surface area contributed by atoms with E-state index in [9.17, 15) is 10.2 Å². The third-order valence-corrected chi connectivity index (χ3v) is 11.4. The van der Waals surface area contributed by atoms with E-state index in [4.69, 9.17) is 9.47 Å². The number of allylic oxidation sites excluding steroid dienone is 1. The lowest BCUT2D eigenvalue weighted by atomic mass is 9.46. The van der Waals surface area contributed by atoms with Gasteiger partial charge < -0.3 is 19.7 Å². The van der Waals surface area contributed by atoms with E-state index >= 15 is 0 Å². The molecule has 12 atom stereocenters. The molecule has 1 spiro atoms. The molecule has 0 amide bonds. The Kier molecular flexibility index (Phi) is 4.64. The fourth-order valence-electron chi connectivity index (χ4n) is 9.71. The summed E-state index contributed by atoms with van der Waals surface area (Å²) in [5.41, 5.74) is 1.80. The first-order chi connectivity index (χ1) is 14.7. The summed E-state index contributed by atoms with van der Waals surface area (Å²) in [7, 11) is 0. The number of hydrogen-bond donors (Lipinski definition) is 2. The second-order valence-corrected chi connectivity index (χ2v) is 12.8. The van der Waals surface area contributed by atoms with Crippen molar-refractivity contribution < 1.29 is 19.7 Å². The van der Waals surface area contributed by atoms with Crippen molar-refractivity contribution in [3.05, 3.63) is 11.6 Å². The summed E-state index contributed by atoms with van der Waals surface area (Å²) in [5, 5.41) is 20.8. The van der Waals surface area contributed by atoms with Crippen molar-refractivity contribution in [2.45, 2.75) is 103 Å². The fourth-order valence-corrected chi connectivity index (χ4v) is 9.71. The van der Waals surface area contributed by atoms with Gasteiger partial charge in [0.25, 0.3) is 0 Å². The number of fused-ring (bicyclic) bond motifs is 7. The van der Waals surface area contributed by atoms with Gasteiger partial charge in [-0.05, 0) is 85.4 Å². The highest BCUT2D eigenvalue weighted by Gasteiger charge is 2.68. The predicted octanol–water partition coefficient (Wildman–Crippen LogP) is 4.68. The Bertz CT molecular complexity index is 769. The molecule has 31 heavy (non-hydrogen) atoms. The van der Waals surface area contributed by atoms with Crippen LogP contribution in [-0.2, 0) is 9.47 Å². The van der Waals surface area contributed by atoms with Crippen molar-refractivity contribution in [2.24, 2.45) is 46.3 Å². The standard InChI is InChI=1S/C27H42O4/c1-15-7-10-27(30-14-15)16(2)24-23(31-27)12-20-18-6-5-17-11-21(28)22(29)13-26(17,4)19(18)8-9-25(20,24)3/h5,15-16,18-24,28-29H,6-14H2,1-4H3/t15-,16+,18-,19+,20+,21+,22-,23+,24+,25-,26-,27+/m0/s1. The highest BCUT2D eigenvalue weighted by atomic mass is 16.7. The van der Waals surface area contributed by atoms with E-state index in [2.05, 4.69) is 33.8 Å². The van der Waals surface area contributed by atoms with E-state index in [-0.39, 0.29) is 11.2 Å². The normalized spacial score (nSPS) is 60.7. The molecule has 0 bridgehead atoms. The van der Waals surface area contributed by atoms with Gasteiger partial charge in [0.15, 0.2) is 5.79 Å². The Balaban J connectivity index is 1.28. The molecule has 5 fully saturated rings. The SMILES string of the molecule is C[C@H]1CC[C@@]2(OC1)O[C@@H]1C[C@@H]3[C@H]4CC=C5C[C@@H](O)[C@@H](O)C[C@]5(C)[C@@H]4CC[C@]3(C)[C@@H]1[C@H]2C. The topological polar surface area (TPSA) is 58.9 Å². The van der Waals surface area contributed by atoms with Crippen LogP contribution in [0.1, 0.15) is 79.1 Å². The molecule has 174 valence electrons. The molecule has 6 rings (SSSR count). The number of aliphatic hydroxyl groups excluding tert-OH is 2. The average molecular weight is 431 g/mol. The van der Waals surface area contributed by atoms with Crippen LogP contribution in [0.25, 0.3) is 0 Å². The van der Waals surface area contributed by atoms with Crippen LogP contribution in [0.4, 0.5) is 0 Å². The van der Waals surface area contributed by atoms with Gasteiger partial charge in [-0.1, -0.05) is 39.3 Å². The maximum atomic E-state index is 10.5. The average Bonchev–Trinajstić information content (AvgIpc) is 3.16. The predicted molar refractivity (Wildman–Crippen MR) is 119 cm³/mol. The van der Waals surface area contributed by atoms with E-state index in [0.717, 1.165) is 25.9 Å². The summed E-state index contributed by atoms with van der Waals surface area (Å²) in [6.07, 6.45) is 10.1. The molecule has 0 aromatic carbocycles. The minimum absolute atomic E-state index is 0.0525. The van der Waals surface area contributed by atoms with E-state index in [1.807, 2.05) is 0 Å². The van der Waals surface area contributed by atoms with Gasteiger partial charge in [0.1, 0.15) is 0 Å². The first-order valence-electron chi connectivity index (χ1n) is 13.1. The van der Waals surface area contributed by atoms with Gasteiger partial charge in [0, 0.05) is 12.3 Å². The van der Waals surface area contributed by atoms with Gasteiger partial charge in [-0.2, -0.15) is 0 Å². The molecule has 2 heterocycles. The van der Waals surface area contributed by atoms with E-state index in [1.165, 1.54) is 31.3 Å². The zero-order valence-electron chi connectivity index (χ0n) is 19.8. The summed E-state index contributed by atoms with van der Waals surface area (Å²) < 4.78 is 13.3. The first kappa shape index (κ1) is 21.1. The quantitative estimate of drug-likeness (QED) is 0.548. The summed E-state index contributed by atoms with van der Waals surface area (Å²) >= 11 is 0. The van der Waals surface area contributed by atoms with Crippen molar-refractivity contribution in [3.8, 4) is 0 Å². The summed E-state index contributed by atoms with van der Waals surface area (Å²) in [6, 6.07) is 0. The molecule has 4 heteroatoms. The molecular formula is C27H42O4. The molecule has 0 unspecified atom stereocenters. The third-order valence-electron chi connectivity index (χ3n) is 11.4. The zero-order valence-corrected chi connectivity index (χ0v) is 19.8. The second kappa shape index (κ2) is 6.81. The highest BCUT2D eigenvalue weighted by Crippen LogP contribution is 2.70. The first-order valence-corrected chi connectivity index (χ1v) is 13.1. The molecule has 0 radical (unpaired) electrons. The molecular weight excluding hydrogens is 388 g/mol. The molecule has 4 nitrogen and oxygen atoms in total. The van der Waals surface area contributed by atoms with Crippen LogP contribution in [0, 0.1) is 46.3 Å². The van der Waals surface area contributed by atoms with Gasteiger partial charge >= 0.3 is 0 Å². The molecule has 2 N–H and O–H groups in total. The number of ether oxygens (including phenoxy) is 2. The van der Waals surface area contributed by atoms with Crippen LogP contribution in [0.2, 0.25) is 0 Å². The van der Waals surface area contributed by atoms with Gasteiger partial charge in [0.2, 0.25) is 0 Å². The summed E-state index contributed by atoms with van der Waals surface area (Å²) in [5.74, 6) is 3.39. The Morgan fingerprint density at radius 2 is 1.84 bits per heavy atom. The van der Waals surface area contributed by atoms with Crippen LogP contribution in [0.15, 0.2) is 11.6 Å². The molecule has 3 saturated carbocycles. The van der Waals surface area contributed by atoms with Crippen LogP contribution in [0.3, 0.4) is 0 Å². The van der Waals surface area contributed by atoms with E-state index in [1.54, 1.807) is 0 Å². The molecule has 4 aliphatic carbocycles. The Morgan fingerprint density at radius 3 is 2.58 bits per heavy atom. The zero-order chi connectivity index (χ0) is 21.8. The van der Waals surface area contributed by atoms with E-state index in [0.29, 0.717) is 53.4 Å². The van der Waals surface area contributed by atoms with Gasteiger partial charge in [-0.3, -0.25) is 0 Å². The number of hydrogen-bond acceptors (Lipinski definition) is 4. The second-order valence-electron chi connectivity index (χ2n) is 12.8. The molecule has 0 aromatic heterocycles. The maximum Gasteiger partial charge on any atom is 0.171 e. The van der Waals surface area contributed by atoms with E-state index < -0.39 is 12.2 Å². The van der Waals surface area contributed by atoms with Crippen molar-refractivity contribution >= 4 is 0 Å². The van der Waals surface area contributed by atoms with Crippen LogP contribution >= 0.6 is 0 Å². The molecule has 2 aliphatic heterocycles. The third kappa shape index (κ3) is 2.74. The summed E-state index contributed by atoms with van der Waals surface area (Å²) in [6.45, 7) is 10.5. The number of aliphatic hydroxyl groups is 2. The van der Waals surface area contributed by atoms with Crippen molar-refractivity contribution in [2.75, 3.05) is 6.61 Å². The highest BCUT2D eigenvalue weighted by molar-refractivity contribution is 5.27. The Hall–Kier alpha value is -0.420. The largest absolute Gasteiger partial charge is 0.390 e. The Morgan fingerprint density at radius 1 is 1.03 bits per heavy atom. The smallest absolute Gasteiger partial charge is 0.171 e. The van der Waals surface area contributed by atoms with Crippen LogP contribution in [-0.4, -0.2) is 40.9 Å². The van der Waals surface area contributed by atoms with Gasteiger partial charge in [-0.25, -0.2) is 0 Å². The summed E-state index contributed by atoms with van der Waals surface area (Å²) in [4.78, 5) is 0. The van der Waals surface area contributed by atoms with Crippen molar-refractivity contribution in [1.82, 2.24) is 0 Å². The Labute approximate surface area is 187 Å². The monoisotopic (exact) mass is 430 g/mol. The van der Waals surface area contributed by atoms with Crippen molar-refractivity contribution in [3.63, 3.8) is 0 Å². The lowest BCUT2D eigenvalue weighted by Gasteiger charge is -2.59. The molecule has 6 aliphatic rings. The minimum Gasteiger partial charge on any atom is -0.390 e. The minimum atomic E-state index is -0.584. The fraction of sp³-hybridized carbons (Fsp3) is 0.926. The van der Waals surface area contributed by atoms with Gasteiger partial charge in [0.05, 0.1) is 24.9 Å². The molecule has 0 aromatic rings. The van der Waals surface area contributed by atoms with Gasteiger partial charge in [-0.15, -0.1) is 0 Å². The maximum absolute atomic E-state index is 10.5. The van der Waals surface area contributed by atoms with Crippen LogP contribution in [0.5, 0.6) is 0 Å². The van der Waals surface area contributed by atoms with Crippen LogP contribution < -0.4 is 0 Å². The number of rotatable bonds is 0. The van der Waals surface area contributed by atoms with Crippen molar-refractivity contribution in [1.29, 1.82) is 0 Å².